The predicted octanol–water partition coefficient (Wildman–Crippen LogP) is 3.61. The normalized spacial score (nSPS) is 15.5. The van der Waals surface area contributed by atoms with E-state index in [9.17, 15) is 9.59 Å². The van der Waals surface area contributed by atoms with Crippen molar-refractivity contribution in [1.82, 2.24) is 0 Å². The van der Waals surface area contributed by atoms with Crippen LogP contribution in [0.4, 0.5) is 0 Å². The Hall–Kier alpha value is -1.72. The smallest absolute Gasteiger partial charge is 0.303 e. The van der Waals surface area contributed by atoms with Crippen LogP contribution in [0.15, 0.2) is 36.5 Å². The standard InChI is InChI=1S/C17H26O5/c1-7-17(6,21-14(3)18)11-8-9-13(2)15(19)10-12-16(4,5)22-20/h7,9-10,12,20H,1,8,11H2,2-6H3. The molecule has 0 aliphatic heterocycles. The Labute approximate surface area is 132 Å². The molecule has 1 unspecified atom stereocenters. The van der Waals surface area contributed by atoms with Gasteiger partial charge in [-0.25, -0.2) is 4.89 Å². The average Bonchev–Trinajstić information content (AvgIpc) is 2.43. The van der Waals surface area contributed by atoms with Gasteiger partial charge in [0, 0.05) is 6.92 Å². The minimum Gasteiger partial charge on any atom is -0.455 e. The number of ketones is 1. The molecule has 0 aliphatic rings. The second-order valence-electron chi connectivity index (χ2n) is 5.93. The largest absolute Gasteiger partial charge is 0.455 e. The molecule has 22 heavy (non-hydrogen) atoms. The third-order valence-corrected chi connectivity index (χ3v) is 3.16. The number of carbonyl (C=O) groups excluding carboxylic acids is 2. The molecule has 0 aromatic heterocycles. The minimum atomic E-state index is -0.910. The van der Waals surface area contributed by atoms with Gasteiger partial charge in [-0.2, -0.15) is 0 Å². The van der Waals surface area contributed by atoms with Crippen molar-refractivity contribution in [1.29, 1.82) is 0 Å². The van der Waals surface area contributed by atoms with Crippen LogP contribution >= 0.6 is 0 Å². The van der Waals surface area contributed by atoms with Crippen LogP contribution in [-0.2, 0) is 19.2 Å². The van der Waals surface area contributed by atoms with Gasteiger partial charge in [0.2, 0.25) is 0 Å². The summed E-state index contributed by atoms with van der Waals surface area (Å²) in [6.45, 7) is 11.8. The zero-order valence-corrected chi connectivity index (χ0v) is 14.0. The number of hydrogen-bond acceptors (Lipinski definition) is 5. The highest BCUT2D eigenvalue weighted by Crippen LogP contribution is 2.20. The summed E-state index contributed by atoms with van der Waals surface area (Å²) in [4.78, 5) is 27.2. The van der Waals surface area contributed by atoms with E-state index < -0.39 is 11.2 Å². The van der Waals surface area contributed by atoms with Crippen LogP contribution in [0.3, 0.4) is 0 Å². The summed E-state index contributed by atoms with van der Waals surface area (Å²) in [5, 5.41) is 8.65. The Kier molecular flexibility index (Phi) is 7.98. The first-order valence-electron chi connectivity index (χ1n) is 7.11. The maximum atomic E-state index is 11.9. The fourth-order valence-corrected chi connectivity index (χ4v) is 1.64. The quantitative estimate of drug-likeness (QED) is 0.231. The van der Waals surface area contributed by atoms with Gasteiger partial charge < -0.3 is 4.74 Å². The SMILES string of the molecule is C=CC(C)(CCC=C(C)C(=O)C=CC(C)(C)OO)OC(C)=O. The molecular formula is C17H26O5. The lowest BCUT2D eigenvalue weighted by atomic mass is 9.98. The highest BCUT2D eigenvalue weighted by atomic mass is 17.1. The van der Waals surface area contributed by atoms with E-state index in [0.29, 0.717) is 18.4 Å². The fraction of sp³-hybridized carbons (Fsp3) is 0.529. The van der Waals surface area contributed by atoms with Crippen molar-refractivity contribution < 1.29 is 24.5 Å². The highest BCUT2D eigenvalue weighted by molar-refractivity contribution is 6.03. The minimum absolute atomic E-state index is 0.169. The second-order valence-corrected chi connectivity index (χ2v) is 5.93. The van der Waals surface area contributed by atoms with Crippen LogP contribution < -0.4 is 0 Å². The van der Waals surface area contributed by atoms with Gasteiger partial charge in [0.1, 0.15) is 11.2 Å². The Morgan fingerprint density at radius 2 is 1.82 bits per heavy atom. The first-order chi connectivity index (χ1) is 10.0. The lowest BCUT2D eigenvalue weighted by Gasteiger charge is -2.24. The van der Waals surface area contributed by atoms with Crippen LogP contribution in [0, 0.1) is 0 Å². The van der Waals surface area contributed by atoms with Crippen molar-refractivity contribution in [3.63, 3.8) is 0 Å². The van der Waals surface area contributed by atoms with E-state index >= 15 is 0 Å². The molecule has 0 amide bonds. The summed E-state index contributed by atoms with van der Waals surface area (Å²) in [6.07, 6.45) is 7.32. The molecule has 5 heteroatoms. The molecular weight excluding hydrogens is 284 g/mol. The molecule has 1 N–H and O–H groups in total. The molecule has 124 valence electrons. The van der Waals surface area contributed by atoms with E-state index in [2.05, 4.69) is 11.5 Å². The number of esters is 1. The molecule has 0 bridgehead atoms. The van der Waals surface area contributed by atoms with E-state index in [0.717, 1.165) is 0 Å². The first kappa shape index (κ1) is 20.3. The second kappa shape index (κ2) is 8.66. The lowest BCUT2D eigenvalue weighted by molar-refractivity contribution is -0.297. The summed E-state index contributed by atoms with van der Waals surface area (Å²) in [7, 11) is 0. The van der Waals surface area contributed by atoms with Crippen LogP contribution in [0.25, 0.3) is 0 Å². The highest BCUT2D eigenvalue weighted by Gasteiger charge is 2.22. The zero-order valence-electron chi connectivity index (χ0n) is 14.0. The zero-order chi connectivity index (χ0) is 17.4. The van der Waals surface area contributed by atoms with Crippen LogP contribution in [-0.4, -0.2) is 28.2 Å². The summed E-state index contributed by atoms with van der Waals surface area (Å²) in [5.74, 6) is -0.536. The van der Waals surface area contributed by atoms with Gasteiger partial charge in [-0.05, 0) is 64.3 Å². The Balaban J connectivity index is 4.65. The van der Waals surface area contributed by atoms with Crippen LogP contribution in [0.5, 0.6) is 0 Å². The molecule has 5 nitrogen and oxygen atoms in total. The Morgan fingerprint density at radius 3 is 2.27 bits per heavy atom. The van der Waals surface area contributed by atoms with Gasteiger partial charge in [-0.1, -0.05) is 12.7 Å². The van der Waals surface area contributed by atoms with Crippen molar-refractivity contribution in [2.24, 2.45) is 0 Å². The maximum Gasteiger partial charge on any atom is 0.303 e. The summed E-state index contributed by atoms with van der Waals surface area (Å²) in [6, 6.07) is 0. The number of ether oxygens (including phenoxy) is 1. The third kappa shape index (κ3) is 7.90. The number of rotatable bonds is 9. The van der Waals surface area contributed by atoms with Gasteiger partial charge in [-0.3, -0.25) is 14.8 Å². The van der Waals surface area contributed by atoms with Gasteiger partial charge >= 0.3 is 5.97 Å². The topological polar surface area (TPSA) is 72.8 Å². The molecule has 0 heterocycles. The predicted molar refractivity (Wildman–Crippen MR) is 85.3 cm³/mol. The molecule has 0 rings (SSSR count). The van der Waals surface area contributed by atoms with E-state index in [1.54, 1.807) is 39.8 Å². The van der Waals surface area contributed by atoms with Gasteiger partial charge in [0.15, 0.2) is 5.78 Å². The molecule has 0 aliphatic carbocycles. The van der Waals surface area contributed by atoms with E-state index in [4.69, 9.17) is 9.99 Å². The molecule has 0 spiro atoms. The van der Waals surface area contributed by atoms with Crippen molar-refractivity contribution in [3.8, 4) is 0 Å². The first-order valence-corrected chi connectivity index (χ1v) is 7.11. The lowest BCUT2D eigenvalue weighted by Crippen LogP contribution is -2.27. The number of allylic oxidation sites excluding steroid dienone is 3. The van der Waals surface area contributed by atoms with Gasteiger partial charge in [0.25, 0.3) is 0 Å². The molecule has 0 aromatic carbocycles. The summed E-state index contributed by atoms with van der Waals surface area (Å²) in [5.41, 5.74) is -1.08. The average molecular weight is 310 g/mol. The van der Waals surface area contributed by atoms with E-state index in [1.807, 2.05) is 0 Å². The molecule has 0 saturated carbocycles. The Bertz CT molecular complexity index is 473. The Morgan fingerprint density at radius 1 is 1.23 bits per heavy atom. The van der Waals surface area contributed by atoms with Crippen molar-refractivity contribution in [3.05, 3.63) is 36.5 Å². The third-order valence-electron chi connectivity index (χ3n) is 3.16. The number of hydrogen-bond donors (Lipinski definition) is 1. The monoisotopic (exact) mass is 310 g/mol. The van der Waals surface area contributed by atoms with E-state index in [1.165, 1.54) is 19.1 Å². The molecule has 0 radical (unpaired) electrons. The maximum absolute atomic E-state index is 11.9. The molecule has 0 saturated heterocycles. The summed E-state index contributed by atoms with van der Waals surface area (Å²) < 4.78 is 5.21. The van der Waals surface area contributed by atoms with Gasteiger partial charge in [-0.15, -0.1) is 0 Å². The fourth-order valence-electron chi connectivity index (χ4n) is 1.64. The van der Waals surface area contributed by atoms with Crippen LogP contribution in [0.1, 0.15) is 47.5 Å². The van der Waals surface area contributed by atoms with Crippen molar-refractivity contribution in [2.45, 2.75) is 58.7 Å². The van der Waals surface area contributed by atoms with E-state index in [-0.39, 0.29) is 11.8 Å². The number of carbonyl (C=O) groups is 2. The molecule has 1 atom stereocenters. The van der Waals surface area contributed by atoms with Gasteiger partial charge in [0.05, 0.1) is 0 Å². The molecule has 0 aromatic rings. The van der Waals surface area contributed by atoms with Crippen molar-refractivity contribution >= 4 is 11.8 Å². The summed E-state index contributed by atoms with van der Waals surface area (Å²) >= 11 is 0. The van der Waals surface area contributed by atoms with Crippen molar-refractivity contribution in [2.75, 3.05) is 0 Å². The molecule has 0 fully saturated rings. The van der Waals surface area contributed by atoms with Crippen LogP contribution in [0.2, 0.25) is 0 Å².